The summed E-state index contributed by atoms with van der Waals surface area (Å²) in [4.78, 5) is 22.8. The molecule has 2 unspecified atom stereocenters. The van der Waals surface area contributed by atoms with Crippen LogP contribution in [0.25, 0.3) is 0 Å². The van der Waals surface area contributed by atoms with Gasteiger partial charge in [0, 0.05) is 30.6 Å². The summed E-state index contributed by atoms with van der Waals surface area (Å²) in [5.74, 6) is -1.51. The minimum Gasteiger partial charge on any atom is -0.508 e. The number of phenols is 1. The van der Waals surface area contributed by atoms with Crippen molar-refractivity contribution >= 4 is 11.8 Å². The summed E-state index contributed by atoms with van der Waals surface area (Å²) in [6.45, 7) is 3.68. The summed E-state index contributed by atoms with van der Waals surface area (Å²) in [5, 5.41) is 39.2. The molecule has 0 heterocycles. The summed E-state index contributed by atoms with van der Waals surface area (Å²) in [7, 11) is 0. The fourth-order valence-corrected chi connectivity index (χ4v) is 3.83. The number of unbranched alkanes of at least 4 members (excludes halogenated alkanes) is 1. The summed E-state index contributed by atoms with van der Waals surface area (Å²) in [5.41, 5.74) is 1.63. The van der Waals surface area contributed by atoms with Gasteiger partial charge in [-0.2, -0.15) is 0 Å². The van der Waals surface area contributed by atoms with E-state index in [9.17, 15) is 24.9 Å². The van der Waals surface area contributed by atoms with E-state index in [0.717, 1.165) is 11.1 Å². The normalized spacial score (nSPS) is 24.0. The number of carboxylic acid groups (broad SMARTS) is 1. The molecule has 1 aromatic rings. The average molecular weight is 417 g/mol. The molecule has 5 atom stereocenters. The highest BCUT2D eigenvalue weighted by Crippen LogP contribution is 2.34. The molecule has 6 heteroatoms. The van der Waals surface area contributed by atoms with Crippen LogP contribution < -0.4 is 0 Å². The smallest absolute Gasteiger partial charge is 0.303 e. The van der Waals surface area contributed by atoms with Crippen LogP contribution in [0.1, 0.15) is 56.1 Å². The van der Waals surface area contributed by atoms with E-state index >= 15 is 0 Å². The van der Waals surface area contributed by atoms with Crippen molar-refractivity contribution in [2.75, 3.05) is 0 Å². The van der Waals surface area contributed by atoms with Gasteiger partial charge in [0.05, 0.1) is 12.2 Å². The van der Waals surface area contributed by atoms with Gasteiger partial charge in [0.25, 0.3) is 0 Å². The van der Waals surface area contributed by atoms with Crippen molar-refractivity contribution in [1.29, 1.82) is 0 Å². The zero-order valence-electron chi connectivity index (χ0n) is 17.6. The monoisotopic (exact) mass is 416 g/mol. The molecule has 2 rings (SSSR count). The van der Waals surface area contributed by atoms with E-state index in [1.807, 2.05) is 25.1 Å². The van der Waals surface area contributed by atoms with Gasteiger partial charge in [0.2, 0.25) is 0 Å². The minimum absolute atomic E-state index is 0.00373. The van der Waals surface area contributed by atoms with E-state index in [-0.39, 0.29) is 42.1 Å². The van der Waals surface area contributed by atoms with Crippen LogP contribution in [0.2, 0.25) is 0 Å². The number of allylic oxidation sites excluding steroid dienone is 2. The second-order valence-corrected chi connectivity index (χ2v) is 8.12. The predicted molar refractivity (Wildman–Crippen MR) is 114 cm³/mol. The molecule has 6 nitrogen and oxygen atoms in total. The highest BCUT2D eigenvalue weighted by molar-refractivity contribution is 5.84. The van der Waals surface area contributed by atoms with Crippen LogP contribution >= 0.6 is 0 Å². The Hall–Kier alpha value is -2.44. The van der Waals surface area contributed by atoms with Gasteiger partial charge in [-0.1, -0.05) is 43.4 Å². The predicted octanol–water partition coefficient (Wildman–Crippen LogP) is 3.49. The standard InChI is InChI=1S/C24H32O6/c1-15-13-17(9-11-20(15)25)16(2)21(26)12-10-19-18(22(27)14-23(19)28)7-5-3-4-6-8-24(29)30/h3,5,9-13,16,18-19,21,23,25-26,28H,4,6-8,14H2,1-2H3,(H,29,30)/t16?,18-,19-,21?,23-/m1/s1. The van der Waals surface area contributed by atoms with Crippen LogP contribution in [0.3, 0.4) is 0 Å². The number of hydrogen-bond donors (Lipinski definition) is 4. The maximum Gasteiger partial charge on any atom is 0.303 e. The third-order valence-corrected chi connectivity index (χ3v) is 5.84. The van der Waals surface area contributed by atoms with E-state index in [1.165, 1.54) is 0 Å². The zero-order valence-corrected chi connectivity index (χ0v) is 17.6. The highest BCUT2D eigenvalue weighted by Gasteiger charge is 2.39. The van der Waals surface area contributed by atoms with Crippen molar-refractivity contribution in [3.63, 3.8) is 0 Å². The van der Waals surface area contributed by atoms with Crippen LogP contribution in [0.5, 0.6) is 5.75 Å². The van der Waals surface area contributed by atoms with Crippen molar-refractivity contribution < 1.29 is 30.0 Å². The number of aliphatic hydroxyl groups is 2. The second kappa shape index (κ2) is 11.1. The van der Waals surface area contributed by atoms with E-state index in [2.05, 4.69) is 0 Å². The van der Waals surface area contributed by atoms with Crippen LogP contribution in [0.4, 0.5) is 0 Å². The van der Waals surface area contributed by atoms with Crippen molar-refractivity contribution in [2.24, 2.45) is 11.8 Å². The summed E-state index contributed by atoms with van der Waals surface area (Å²) in [6.07, 6.45) is 7.49. The SMILES string of the molecule is Cc1cc(C(C)C(O)C=C[C@H]2[C@H](O)CC(=O)[C@@H]2CC=CCCCC(=O)O)ccc1O. The Bertz CT molecular complexity index is 797. The van der Waals surface area contributed by atoms with Crippen LogP contribution in [0, 0.1) is 18.8 Å². The lowest BCUT2D eigenvalue weighted by Crippen LogP contribution is -2.20. The van der Waals surface area contributed by atoms with Gasteiger partial charge in [0.1, 0.15) is 11.5 Å². The first-order valence-electron chi connectivity index (χ1n) is 10.4. The lowest BCUT2D eigenvalue weighted by molar-refractivity contribution is -0.137. The second-order valence-electron chi connectivity index (χ2n) is 8.12. The van der Waals surface area contributed by atoms with Crippen molar-refractivity contribution in [3.05, 3.63) is 53.6 Å². The van der Waals surface area contributed by atoms with E-state index < -0.39 is 18.2 Å². The Kier molecular flexibility index (Phi) is 8.81. The molecule has 0 aliphatic heterocycles. The number of Topliss-reactive ketones (excluding diaryl/α,β-unsaturated/α-hetero) is 1. The number of carbonyl (C=O) groups excluding carboxylic acids is 1. The Morgan fingerprint density at radius 2 is 2.03 bits per heavy atom. The number of aliphatic hydroxyl groups excluding tert-OH is 2. The van der Waals surface area contributed by atoms with Crippen LogP contribution in [0.15, 0.2) is 42.5 Å². The molecule has 4 N–H and O–H groups in total. The quantitative estimate of drug-likeness (QED) is 0.343. The number of ketones is 1. The molecule has 1 aliphatic carbocycles. The number of rotatable bonds is 10. The number of aryl methyl sites for hydroxylation is 1. The molecule has 0 amide bonds. The molecule has 0 saturated heterocycles. The molecule has 1 fully saturated rings. The van der Waals surface area contributed by atoms with Crippen molar-refractivity contribution in [3.8, 4) is 5.75 Å². The number of carboxylic acids is 1. The average Bonchev–Trinajstić information content (AvgIpc) is 2.96. The Balaban J connectivity index is 1.98. The Morgan fingerprint density at radius 3 is 2.70 bits per heavy atom. The van der Waals surface area contributed by atoms with Gasteiger partial charge < -0.3 is 20.4 Å². The van der Waals surface area contributed by atoms with Crippen LogP contribution in [-0.2, 0) is 9.59 Å². The Morgan fingerprint density at radius 1 is 1.30 bits per heavy atom. The number of hydrogen-bond acceptors (Lipinski definition) is 5. The van der Waals surface area contributed by atoms with E-state index in [4.69, 9.17) is 5.11 Å². The van der Waals surface area contributed by atoms with Crippen LogP contribution in [-0.4, -0.2) is 44.4 Å². The summed E-state index contributed by atoms with van der Waals surface area (Å²) in [6, 6.07) is 5.22. The molecular formula is C24H32O6. The first-order valence-corrected chi connectivity index (χ1v) is 10.4. The Labute approximate surface area is 177 Å². The molecule has 1 saturated carbocycles. The molecule has 0 aromatic heterocycles. The molecule has 164 valence electrons. The molecular weight excluding hydrogens is 384 g/mol. The maximum absolute atomic E-state index is 12.3. The molecule has 1 aromatic carbocycles. The van der Waals surface area contributed by atoms with Gasteiger partial charge in [-0.25, -0.2) is 0 Å². The highest BCUT2D eigenvalue weighted by atomic mass is 16.4. The van der Waals surface area contributed by atoms with E-state index in [0.29, 0.717) is 19.3 Å². The van der Waals surface area contributed by atoms with Gasteiger partial charge in [-0.05, 0) is 43.4 Å². The van der Waals surface area contributed by atoms with Gasteiger partial charge in [0.15, 0.2) is 0 Å². The topological polar surface area (TPSA) is 115 Å². The molecule has 0 bridgehead atoms. The maximum atomic E-state index is 12.3. The third-order valence-electron chi connectivity index (χ3n) is 5.84. The molecule has 1 aliphatic rings. The van der Waals surface area contributed by atoms with Gasteiger partial charge >= 0.3 is 5.97 Å². The summed E-state index contributed by atoms with van der Waals surface area (Å²) < 4.78 is 0. The number of carbonyl (C=O) groups is 2. The van der Waals surface area contributed by atoms with Crippen molar-refractivity contribution in [1.82, 2.24) is 0 Å². The molecule has 0 radical (unpaired) electrons. The largest absolute Gasteiger partial charge is 0.508 e. The fraction of sp³-hybridized carbons (Fsp3) is 0.500. The number of benzene rings is 1. The molecule has 0 spiro atoms. The fourth-order valence-electron chi connectivity index (χ4n) is 3.83. The minimum atomic E-state index is -0.821. The van der Waals surface area contributed by atoms with Gasteiger partial charge in [-0.15, -0.1) is 0 Å². The van der Waals surface area contributed by atoms with Crippen molar-refractivity contribution in [2.45, 2.75) is 64.1 Å². The number of aliphatic carboxylic acids is 1. The zero-order chi connectivity index (χ0) is 22.3. The number of aromatic hydroxyl groups is 1. The first-order chi connectivity index (χ1) is 14.2. The van der Waals surface area contributed by atoms with Gasteiger partial charge in [-0.3, -0.25) is 9.59 Å². The van der Waals surface area contributed by atoms with E-state index in [1.54, 1.807) is 31.2 Å². The lowest BCUT2D eigenvalue weighted by Gasteiger charge is -2.20. The summed E-state index contributed by atoms with van der Waals surface area (Å²) >= 11 is 0. The first kappa shape index (κ1) is 23.8. The molecule has 30 heavy (non-hydrogen) atoms. The number of phenolic OH excluding ortho intramolecular Hbond substituents is 1. The third kappa shape index (κ3) is 6.54. The lowest BCUT2D eigenvalue weighted by atomic mass is 9.88.